The molecule has 0 spiro atoms. The number of amides is 1. The van der Waals surface area contributed by atoms with Crippen molar-refractivity contribution in [2.45, 2.75) is 16.9 Å². The zero-order valence-electron chi connectivity index (χ0n) is 8.36. The van der Waals surface area contributed by atoms with Gasteiger partial charge in [-0.25, -0.2) is 8.42 Å². The van der Waals surface area contributed by atoms with Crippen molar-refractivity contribution in [1.29, 1.82) is 0 Å². The Hall–Kier alpha value is -1.57. The Morgan fingerprint density at radius 2 is 1.71 bits per heavy atom. The smallest absolute Gasteiger partial charge is 0.355 e. The molecule has 0 aromatic heterocycles. The number of hydrogen-bond donors (Lipinski definition) is 1. The third kappa shape index (κ3) is 2.96. The molecule has 0 saturated heterocycles. The summed E-state index contributed by atoms with van der Waals surface area (Å²) in [4.78, 5) is 9.16. The van der Waals surface area contributed by atoms with E-state index in [0.29, 0.717) is 12.0 Å². The van der Waals surface area contributed by atoms with Crippen LogP contribution in [0.1, 0.15) is 5.56 Å². The highest BCUT2D eigenvalue weighted by molar-refractivity contribution is 7.92. The number of rotatable bonds is 4. The molecule has 1 aromatic rings. The molecule has 17 heavy (non-hydrogen) atoms. The van der Waals surface area contributed by atoms with E-state index in [1.54, 1.807) is 0 Å². The predicted molar refractivity (Wildman–Crippen MR) is 52.6 cm³/mol. The van der Waals surface area contributed by atoms with Crippen LogP contribution in [-0.2, 0) is 21.2 Å². The highest BCUT2D eigenvalue weighted by Crippen LogP contribution is 2.30. The summed E-state index contributed by atoms with van der Waals surface area (Å²) in [6.07, 6.45) is 0.431. The van der Waals surface area contributed by atoms with Crippen molar-refractivity contribution in [2.75, 3.05) is 0 Å². The summed E-state index contributed by atoms with van der Waals surface area (Å²) in [5, 5.41) is 2.30. The Kier molecular flexibility index (Phi) is 3.76. The van der Waals surface area contributed by atoms with E-state index in [1.165, 1.54) is 12.1 Å². The maximum atomic E-state index is 12.2. The van der Waals surface area contributed by atoms with Gasteiger partial charge in [-0.15, -0.1) is 0 Å². The first-order chi connectivity index (χ1) is 7.79. The van der Waals surface area contributed by atoms with Crippen molar-refractivity contribution in [3.63, 3.8) is 0 Å². The van der Waals surface area contributed by atoms with Gasteiger partial charge in [-0.2, -0.15) is 13.2 Å². The van der Waals surface area contributed by atoms with E-state index in [0.717, 1.165) is 12.1 Å². The third-order valence-electron chi connectivity index (χ3n) is 1.93. The Balaban J connectivity index is 2.99. The van der Waals surface area contributed by atoms with E-state index in [9.17, 15) is 26.4 Å². The van der Waals surface area contributed by atoms with Crippen LogP contribution in [0, 0.1) is 0 Å². The first kappa shape index (κ1) is 13.5. The lowest BCUT2D eigenvalue weighted by molar-refractivity contribution is -0.109. The van der Waals surface area contributed by atoms with Gasteiger partial charge in [0.05, 0.1) is 4.90 Å². The van der Waals surface area contributed by atoms with E-state index in [4.69, 9.17) is 0 Å². The molecule has 94 valence electrons. The first-order valence-electron chi connectivity index (χ1n) is 4.36. The molecule has 8 heteroatoms. The van der Waals surface area contributed by atoms with Gasteiger partial charge in [-0.3, -0.25) is 4.79 Å². The Labute approximate surface area is 95.4 Å². The van der Waals surface area contributed by atoms with Crippen LogP contribution in [0.2, 0.25) is 0 Å². The minimum Gasteiger partial charge on any atom is -0.355 e. The second-order valence-electron chi connectivity index (χ2n) is 3.09. The molecule has 0 saturated carbocycles. The van der Waals surface area contributed by atoms with Crippen LogP contribution in [0.5, 0.6) is 0 Å². The summed E-state index contributed by atoms with van der Waals surface area (Å²) >= 11 is 0. The number of benzene rings is 1. The van der Waals surface area contributed by atoms with E-state index in [-0.39, 0.29) is 6.54 Å². The van der Waals surface area contributed by atoms with Gasteiger partial charge in [-0.1, -0.05) is 12.1 Å². The van der Waals surface area contributed by atoms with Gasteiger partial charge in [0, 0.05) is 6.54 Å². The maximum Gasteiger partial charge on any atom is 0.501 e. The lowest BCUT2D eigenvalue weighted by atomic mass is 10.2. The van der Waals surface area contributed by atoms with Gasteiger partial charge in [0.2, 0.25) is 6.41 Å². The van der Waals surface area contributed by atoms with Crippen molar-refractivity contribution < 1.29 is 26.4 Å². The number of hydrogen-bond acceptors (Lipinski definition) is 3. The van der Waals surface area contributed by atoms with Crippen molar-refractivity contribution in [3.05, 3.63) is 29.8 Å². The monoisotopic (exact) mass is 267 g/mol. The van der Waals surface area contributed by atoms with Crippen LogP contribution in [0.15, 0.2) is 29.2 Å². The van der Waals surface area contributed by atoms with Crippen LogP contribution in [-0.4, -0.2) is 20.3 Å². The second kappa shape index (κ2) is 4.74. The molecule has 1 aromatic carbocycles. The van der Waals surface area contributed by atoms with Crippen LogP contribution < -0.4 is 5.32 Å². The number of nitrogens with one attached hydrogen (secondary N) is 1. The van der Waals surface area contributed by atoms with E-state index >= 15 is 0 Å². The Morgan fingerprint density at radius 1 is 1.18 bits per heavy atom. The lowest BCUT2D eigenvalue weighted by Gasteiger charge is -2.08. The van der Waals surface area contributed by atoms with Crippen molar-refractivity contribution >= 4 is 16.2 Å². The second-order valence-corrected chi connectivity index (χ2v) is 5.03. The SMILES string of the molecule is O=CNCc1ccc(S(=O)(=O)C(F)(F)F)cc1. The number of halogens is 3. The fourth-order valence-electron chi connectivity index (χ4n) is 1.08. The van der Waals surface area contributed by atoms with E-state index < -0.39 is 20.2 Å². The minimum absolute atomic E-state index is 0.121. The van der Waals surface area contributed by atoms with Gasteiger partial charge in [0.25, 0.3) is 9.84 Å². The zero-order valence-corrected chi connectivity index (χ0v) is 9.18. The molecule has 1 rings (SSSR count). The molecule has 1 N–H and O–H groups in total. The van der Waals surface area contributed by atoms with Gasteiger partial charge in [0.15, 0.2) is 0 Å². The lowest BCUT2D eigenvalue weighted by Crippen LogP contribution is -2.23. The maximum absolute atomic E-state index is 12.2. The van der Waals surface area contributed by atoms with Crippen LogP contribution >= 0.6 is 0 Å². The molecule has 0 radical (unpaired) electrons. The van der Waals surface area contributed by atoms with Crippen LogP contribution in [0.4, 0.5) is 13.2 Å². The molecule has 1 amide bonds. The topological polar surface area (TPSA) is 63.2 Å². The van der Waals surface area contributed by atoms with Crippen molar-refractivity contribution in [2.24, 2.45) is 0 Å². The molecule has 0 heterocycles. The van der Waals surface area contributed by atoms with E-state index in [1.807, 2.05) is 0 Å². The molecular weight excluding hydrogens is 259 g/mol. The quantitative estimate of drug-likeness (QED) is 0.834. The predicted octanol–water partition coefficient (Wildman–Crippen LogP) is 1.23. The van der Waals surface area contributed by atoms with Crippen LogP contribution in [0.3, 0.4) is 0 Å². The van der Waals surface area contributed by atoms with Gasteiger partial charge >= 0.3 is 5.51 Å². The summed E-state index contributed by atoms with van der Waals surface area (Å²) in [7, 11) is -5.30. The number of carbonyl (C=O) groups excluding carboxylic acids is 1. The standard InChI is InChI=1S/C9H8F3NO3S/c10-9(11,12)17(15,16)8-3-1-7(2-4-8)5-13-6-14/h1-4,6H,5H2,(H,13,14). The first-order valence-corrected chi connectivity index (χ1v) is 5.84. The summed E-state index contributed by atoms with van der Waals surface area (Å²) in [5.41, 5.74) is -4.81. The fourth-order valence-corrected chi connectivity index (χ4v) is 1.84. The van der Waals surface area contributed by atoms with Crippen molar-refractivity contribution in [1.82, 2.24) is 5.32 Å². The highest BCUT2D eigenvalue weighted by Gasteiger charge is 2.46. The zero-order chi connectivity index (χ0) is 13.1. The Bertz CT molecular complexity index is 493. The van der Waals surface area contributed by atoms with Gasteiger partial charge in [0.1, 0.15) is 0 Å². The molecular formula is C9H8F3NO3S. The molecule has 0 atom stereocenters. The number of sulfone groups is 1. The largest absolute Gasteiger partial charge is 0.501 e. The normalized spacial score (nSPS) is 12.2. The Morgan fingerprint density at radius 3 is 2.12 bits per heavy atom. The van der Waals surface area contributed by atoms with Gasteiger partial charge in [-0.05, 0) is 17.7 Å². The average molecular weight is 267 g/mol. The summed E-state index contributed by atoms with van der Waals surface area (Å²) in [6.45, 7) is 0.121. The van der Waals surface area contributed by atoms with Gasteiger partial charge < -0.3 is 5.32 Å². The summed E-state index contributed by atoms with van der Waals surface area (Å²) in [6, 6.07) is 4.11. The molecule has 0 fully saturated rings. The molecule has 0 bridgehead atoms. The molecule has 0 aliphatic heterocycles. The third-order valence-corrected chi connectivity index (χ3v) is 3.43. The fraction of sp³-hybridized carbons (Fsp3) is 0.222. The van der Waals surface area contributed by atoms with Crippen molar-refractivity contribution in [3.8, 4) is 0 Å². The average Bonchev–Trinajstić information content (AvgIpc) is 2.25. The molecule has 4 nitrogen and oxygen atoms in total. The highest BCUT2D eigenvalue weighted by atomic mass is 32.2. The summed E-state index contributed by atoms with van der Waals surface area (Å²) in [5.74, 6) is 0. The summed E-state index contributed by atoms with van der Waals surface area (Å²) < 4.78 is 58.5. The van der Waals surface area contributed by atoms with Crippen LogP contribution in [0.25, 0.3) is 0 Å². The van der Waals surface area contributed by atoms with E-state index in [2.05, 4.69) is 5.32 Å². The number of carbonyl (C=O) groups is 1. The number of alkyl halides is 3. The molecule has 0 aliphatic rings. The minimum atomic E-state index is -5.31. The molecule has 0 unspecified atom stereocenters. The molecule has 0 aliphatic carbocycles.